The van der Waals surface area contributed by atoms with Crippen molar-refractivity contribution in [3.8, 4) is 0 Å². The molecule has 1 unspecified atom stereocenters. The molecule has 0 radical (unpaired) electrons. The van der Waals surface area contributed by atoms with Gasteiger partial charge in [0, 0.05) is 11.5 Å². The van der Waals surface area contributed by atoms with Gasteiger partial charge in [-0.2, -0.15) is 0 Å². The largest absolute Gasteiger partial charge is 0.480 e. The predicted molar refractivity (Wildman–Crippen MR) is 95.3 cm³/mol. The molecular formula is C20H27NO4. The van der Waals surface area contributed by atoms with Crippen LogP contribution in [0.25, 0.3) is 0 Å². The molecule has 0 bridgehead atoms. The molecule has 1 amide bonds. The first-order chi connectivity index (χ1) is 11.9. The summed E-state index contributed by atoms with van der Waals surface area (Å²) in [6, 6.07) is 7.74. The molecule has 0 spiro atoms. The molecular weight excluding hydrogens is 318 g/mol. The van der Waals surface area contributed by atoms with E-state index in [0.717, 1.165) is 32.1 Å². The highest BCUT2D eigenvalue weighted by Gasteiger charge is 2.37. The van der Waals surface area contributed by atoms with E-state index in [2.05, 4.69) is 0 Å². The number of carbonyl (C=O) groups is 3. The van der Waals surface area contributed by atoms with Crippen molar-refractivity contribution in [2.24, 2.45) is 11.8 Å². The summed E-state index contributed by atoms with van der Waals surface area (Å²) in [7, 11) is 0. The van der Waals surface area contributed by atoms with E-state index >= 15 is 0 Å². The van der Waals surface area contributed by atoms with Crippen molar-refractivity contribution in [2.45, 2.75) is 52.0 Å². The summed E-state index contributed by atoms with van der Waals surface area (Å²) in [5.41, 5.74) is 0.497. The lowest BCUT2D eigenvalue weighted by Gasteiger charge is -2.34. The molecule has 1 aliphatic rings. The summed E-state index contributed by atoms with van der Waals surface area (Å²) in [6.07, 6.45) is 4.63. The Kier molecular flexibility index (Phi) is 6.73. The summed E-state index contributed by atoms with van der Waals surface area (Å²) in [4.78, 5) is 38.7. The van der Waals surface area contributed by atoms with Crippen LogP contribution in [0.15, 0.2) is 30.3 Å². The minimum absolute atomic E-state index is 0.169. The molecule has 0 heterocycles. The molecule has 1 saturated carbocycles. The number of carbonyl (C=O) groups excluding carboxylic acids is 2. The SMILES string of the molecule is CC(C)C(C(=O)O)N(CC(=O)c1ccccc1)C(=O)C1CCCCC1. The zero-order valence-electron chi connectivity index (χ0n) is 15.0. The average molecular weight is 345 g/mol. The zero-order valence-corrected chi connectivity index (χ0v) is 15.0. The van der Waals surface area contributed by atoms with Gasteiger partial charge >= 0.3 is 5.97 Å². The number of hydrogen-bond donors (Lipinski definition) is 1. The number of Topliss-reactive ketones (excluding diaryl/α,β-unsaturated/α-hetero) is 1. The number of hydrogen-bond acceptors (Lipinski definition) is 3. The van der Waals surface area contributed by atoms with E-state index in [1.165, 1.54) is 4.90 Å². The monoisotopic (exact) mass is 345 g/mol. The third-order valence-corrected chi connectivity index (χ3v) is 4.87. The van der Waals surface area contributed by atoms with Crippen molar-refractivity contribution in [3.05, 3.63) is 35.9 Å². The molecule has 136 valence electrons. The average Bonchev–Trinajstić information content (AvgIpc) is 2.61. The second kappa shape index (κ2) is 8.79. The third-order valence-electron chi connectivity index (χ3n) is 4.87. The maximum Gasteiger partial charge on any atom is 0.326 e. The van der Waals surface area contributed by atoms with Crippen molar-refractivity contribution in [2.75, 3.05) is 6.54 Å². The first kappa shape index (κ1) is 19.2. The Hall–Kier alpha value is -2.17. The van der Waals surface area contributed by atoms with Crippen LogP contribution in [0, 0.1) is 11.8 Å². The van der Waals surface area contributed by atoms with Crippen LogP contribution in [0.5, 0.6) is 0 Å². The maximum absolute atomic E-state index is 13.0. The number of benzene rings is 1. The number of nitrogens with zero attached hydrogens (tertiary/aromatic N) is 1. The van der Waals surface area contributed by atoms with Crippen LogP contribution < -0.4 is 0 Å². The normalized spacial score (nSPS) is 16.4. The lowest BCUT2D eigenvalue weighted by molar-refractivity contribution is -0.154. The van der Waals surface area contributed by atoms with Gasteiger partial charge in [-0.05, 0) is 18.8 Å². The van der Waals surface area contributed by atoms with Crippen LogP contribution in [0.2, 0.25) is 0 Å². The van der Waals surface area contributed by atoms with E-state index in [1.807, 2.05) is 6.07 Å². The fourth-order valence-corrected chi connectivity index (χ4v) is 3.55. The van der Waals surface area contributed by atoms with E-state index in [9.17, 15) is 19.5 Å². The van der Waals surface area contributed by atoms with Gasteiger partial charge in [-0.3, -0.25) is 9.59 Å². The standard InChI is InChI=1S/C20H27NO4/c1-14(2)18(20(24)25)21(19(23)16-11-7-4-8-12-16)13-17(22)15-9-5-3-6-10-15/h3,5-6,9-10,14,16,18H,4,7-8,11-13H2,1-2H3,(H,24,25). The summed E-state index contributed by atoms with van der Waals surface area (Å²) in [5, 5.41) is 9.64. The number of rotatable bonds is 7. The van der Waals surface area contributed by atoms with Crippen LogP contribution in [-0.4, -0.2) is 40.3 Å². The molecule has 1 aromatic rings. The summed E-state index contributed by atoms with van der Waals surface area (Å²) >= 11 is 0. The first-order valence-electron chi connectivity index (χ1n) is 9.03. The number of carboxylic acid groups (broad SMARTS) is 1. The minimum atomic E-state index is -1.06. The van der Waals surface area contributed by atoms with Crippen LogP contribution in [-0.2, 0) is 9.59 Å². The fraction of sp³-hybridized carbons (Fsp3) is 0.550. The van der Waals surface area contributed by atoms with Crippen LogP contribution in [0.4, 0.5) is 0 Å². The van der Waals surface area contributed by atoms with Gasteiger partial charge in [0.2, 0.25) is 5.91 Å². The molecule has 0 saturated heterocycles. The fourth-order valence-electron chi connectivity index (χ4n) is 3.55. The van der Waals surface area contributed by atoms with Gasteiger partial charge in [0.25, 0.3) is 0 Å². The van der Waals surface area contributed by atoms with Gasteiger partial charge in [0.05, 0.1) is 6.54 Å². The molecule has 2 rings (SSSR count). The molecule has 5 nitrogen and oxygen atoms in total. The van der Waals surface area contributed by atoms with Crippen molar-refractivity contribution >= 4 is 17.7 Å². The molecule has 0 aliphatic heterocycles. The quantitative estimate of drug-likeness (QED) is 0.769. The maximum atomic E-state index is 13.0. The van der Waals surface area contributed by atoms with E-state index in [-0.39, 0.29) is 30.1 Å². The smallest absolute Gasteiger partial charge is 0.326 e. The predicted octanol–water partition coefficient (Wildman–Crippen LogP) is 3.39. The van der Waals surface area contributed by atoms with E-state index in [4.69, 9.17) is 0 Å². The summed E-state index contributed by atoms with van der Waals surface area (Å²) in [5.74, 6) is -1.91. The third kappa shape index (κ3) is 4.91. The lowest BCUT2D eigenvalue weighted by atomic mass is 9.87. The van der Waals surface area contributed by atoms with E-state index < -0.39 is 12.0 Å². The topological polar surface area (TPSA) is 74.7 Å². The van der Waals surface area contributed by atoms with Crippen molar-refractivity contribution < 1.29 is 19.5 Å². The molecule has 1 aromatic carbocycles. The Bertz CT molecular complexity index is 605. The van der Waals surface area contributed by atoms with Gasteiger partial charge in [0.15, 0.2) is 5.78 Å². The number of ketones is 1. The highest BCUT2D eigenvalue weighted by atomic mass is 16.4. The second-order valence-electron chi connectivity index (χ2n) is 7.12. The van der Waals surface area contributed by atoms with Gasteiger partial charge in [-0.15, -0.1) is 0 Å². The minimum Gasteiger partial charge on any atom is -0.480 e. The Morgan fingerprint density at radius 2 is 1.68 bits per heavy atom. The summed E-state index contributed by atoms with van der Waals surface area (Å²) in [6.45, 7) is 3.36. The lowest BCUT2D eigenvalue weighted by Crippen LogP contribution is -2.52. The second-order valence-corrected chi connectivity index (χ2v) is 7.12. The molecule has 0 aromatic heterocycles. The number of amides is 1. The first-order valence-corrected chi connectivity index (χ1v) is 9.03. The zero-order chi connectivity index (χ0) is 18.4. The van der Waals surface area contributed by atoms with Gasteiger partial charge < -0.3 is 10.0 Å². The molecule has 1 fully saturated rings. The Labute approximate surface area is 149 Å². The molecule has 5 heteroatoms. The van der Waals surface area contributed by atoms with Crippen molar-refractivity contribution in [1.29, 1.82) is 0 Å². The van der Waals surface area contributed by atoms with Crippen LogP contribution in [0.1, 0.15) is 56.3 Å². The van der Waals surface area contributed by atoms with Gasteiger partial charge in [-0.25, -0.2) is 4.79 Å². The van der Waals surface area contributed by atoms with E-state index in [1.54, 1.807) is 38.1 Å². The van der Waals surface area contributed by atoms with E-state index in [0.29, 0.717) is 5.56 Å². The van der Waals surface area contributed by atoms with Crippen LogP contribution >= 0.6 is 0 Å². The molecule has 1 aliphatic carbocycles. The summed E-state index contributed by atoms with van der Waals surface area (Å²) < 4.78 is 0. The molecule has 1 atom stereocenters. The Balaban J connectivity index is 2.25. The number of aliphatic carboxylic acids is 1. The van der Waals surface area contributed by atoms with Gasteiger partial charge in [0.1, 0.15) is 6.04 Å². The molecule has 25 heavy (non-hydrogen) atoms. The molecule has 1 N–H and O–H groups in total. The van der Waals surface area contributed by atoms with Crippen molar-refractivity contribution in [1.82, 2.24) is 4.90 Å². The Morgan fingerprint density at radius 3 is 2.20 bits per heavy atom. The Morgan fingerprint density at radius 1 is 1.08 bits per heavy atom. The highest BCUT2D eigenvalue weighted by molar-refractivity contribution is 6.00. The van der Waals surface area contributed by atoms with Gasteiger partial charge in [-0.1, -0.05) is 63.4 Å². The highest BCUT2D eigenvalue weighted by Crippen LogP contribution is 2.27. The van der Waals surface area contributed by atoms with Crippen molar-refractivity contribution in [3.63, 3.8) is 0 Å². The number of carboxylic acids is 1. The van der Waals surface area contributed by atoms with Crippen LogP contribution in [0.3, 0.4) is 0 Å².